The van der Waals surface area contributed by atoms with Crippen molar-refractivity contribution < 1.29 is 74.7 Å². The van der Waals surface area contributed by atoms with Gasteiger partial charge in [0.05, 0.1) is 49.5 Å². The third-order valence-electron chi connectivity index (χ3n) is 9.11. The molecule has 0 radical (unpaired) electrons. The van der Waals surface area contributed by atoms with Crippen molar-refractivity contribution in [2.24, 2.45) is 0 Å². The molecule has 3 amide bonds. The standard InChI is InChI=1S/C32H52N6O12.C4H9NO3/c1-2-4-25(30(45)46)37-13-11-36(26(31(47)48)7-9-28(43)33-15-23(41)19-39)12-14-38(18-22-6-3-5-21(17-37)35-22)27(32(49)50)8-10-29(44)34-16-24(42)20-40;6-2-4(8)1-5-3-7/h3,5-6,23-27,39-42H,2,4,7-20H2,1H3,(H,33,43)(H,34,44)(H,45,46)(H,47,48)(H,49,50);3-4,6,8H,1-2H2,(H,5,7). The average molecular weight is 832 g/mol. The average Bonchev–Trinajstić information content (AvgIpc) is 3.19. The Kier molecular flexibility index (Phi) is 25.7. The number of rotatable bonds is 24. The van der Waals surface area contributed by atoms with Gasteiger partial charge in [-0.3, -0.25) is 48.5 Å². The summed E-state index contributed by atoms with van der Waals surface area (Å²) in [6.45, 7) is 0.389. The lowest BCUT2D eigenvalue weighted by molar-refractivity contribution is -0.147. The lowest BCUT2D eigenvalue weighted by Crippen LogP contribution is -2.52. The van der Waals surface area contributed by atoms with E-state index in [1.165, 1.54) is 0 Å². The summed E-state index contributed by atoms with van der Waals surface area (Å²) in [7, 11) is 0. The number of nitrogens with zero attached hydrogens (tertiary/aromatic N) is 4. The summed E-state index contributed by atoms with van der Waals surface area (Å²) in [5.74, 6) is -4.59. The van der Waals surface area contributed by atoms with Crippen molar-refractivity contribution in [3.63, 3.8) is 0 Å². The first kappa shape index (κ1) is 51.6. The fourth-order valence-electron chi connectivity index (χ4n) is 5.96. The van der Waals surface area contributed by atoms with Gasteiger partial charge >= 0.3 is 17.9 Å². The van der Waals surface area contributed by atoms with E-state index in [-0.39, 0.29) is 91.2 Å². The minimum absolute atomic E-state index is 0.000469. The molecule has 0 fully saturated rings. The fourth-order valence-corrected chi connectivity index (χ4v) is 5.96. The number of nitrogens with one attached hydrogen (secondary N) is 3. The van der Waals surface area contributed by atoms with Crippen molar-refractivity contribution in [1.82, 2.24) is 35.6 Å². The number of pyridine rings is 1. The predicted molar refractivity (Wildman–Crippen MR) is 204 cm³/mol. The molecule has 22 heteroatoms. The van der Waals surface area contributed by atoms with Crippen molar-refractivity contribution in [3.05, 3.63) is 29.6 Å². The Labute approximate surface area is 336 Å². The van der Waals surface area contributed by atoms with Crippen LogP contribution in [0.15, 0.2) is 18.2 Å². The monoisotopic (exact) mass is 831 g/mol. The lowest BCUT2D eigenvalue weighted by atomic mass is 10.1. The Balaban J connectivity index is 0.00000189. The van der Waals surface area contributed by atoms with Crippen molar-refractivity contribution in [2.75, 3.05) is 65.6 Å². The number of carbonyl (C=O) groups excluding carboxylic acids is 3. The number of aromatic nitrogens is 1. The molecular formula is C36H61N7O15. The number of carbonyl (C=O) groups is 6. The number of carboxylic acids is 3. The first-order chi connectivity index (χ1) is 27.6. The quantitative estimate of drug-likeness (QED) is 0.0439. The largest absolute Gasteiger partial charge is 0.480 e. The number of amides is 3. The lowest BCUT2D eigenvalue weighted by Gasteiger charge is -2.37. The number of hydrogen-bond donors (Lipinski definition) is 12. The molecule has 6 atom stereocenters. The Morgan fingerprint density at radius 1 is 0.655 bits per heavy atom. The van der Waals surface area contributed by atoms with Gasteiger partial charge in [-0.1, -0.05) is 19.4 Å². The van der Waals surface area contributed by atoms with E-state index in [0.717, 1.165) is 0 Å². The van der Waals surface area contributed by atoms with Gasteiger partial charge in [0.1, 0.15) is 18.1 Å². The molecule has 0 aliphatic carbocycles. The Bertz CT molecular complexity index is 1410. The van der Waals surface area contributed by atoms with E-state index in [4.69, 9.17) is 20.4 Å². The molecule has 330 valence electrons. The number of aliphatic hydroxyl groups is 6. The van der Waals surface area contributed by atoms with E-state index in [2.05, 4.69) is 20.9 Å². The van der Waals surface area contributed by atoms with E-state index in [1.54, 1.807) is 32.9 Å². The number of carboxylic acid groups (broad SMARTS) is 3. The smallest absolute Gasteiger partial charge is 0.320 e. The van der Waals surface area contributed by atoms with Crippen LogP contribution in [0.1, 0.15) is 56.8 Å². The van der Waals surface area contributed by atoms with Crippen LogP contribution in [0.4, 0.5) is 0 Å². The molecule has 6 unspecified atom stereocenters. The van der Waals surface area contributed by atoms with Gasteiger partial charge in [-0.15, -0.1) is 0 Å². The molecule has 58 heavy (non-hydrogen) atoms. The number of hydrogen-bond acceptors (Lipinski definition) is 16. The van der Waals surface area contributed by atoms with E-state index in [1.807, 2.05) is 6.92 Å². The van der Waals surface area contributed by atoms with Crippen molar-refractivity contribution in [1.29, 1.82) is 0 Å². The topological polar surface area (TPSA) is 343 Å². The molecule has 1 aliphatic heterocycles. The van der Waals surface area contributed by atoms with Gasteiger partial charge in [-0.05, 0) is 31.4 Å². The Hall–Kier alpha value is -4.39. The third kappa shape index (κ3) is 20.3. The van der Waals surface area contributed by atoms with Crippen LogP contribution in [0.2, 0.25) is 0 Å². The zero-order valence-electron chi connectivity index (χ0n) is 32.8. The maximum absolute atomic E-state index is 12.6. The maximum Gasteiger partial charge on any atom is 0.320 e. The highest BCUT2D eigenvalue weighted by Crippen LogP contribution is 2.19. The molecule has 1 aliphatic rings. The van der Waals surface area contributed by atoms with Gasteiger partial charge in [0.25, 0.3) is 0 Å². The van der Waals surface area contributed by atoms with Gasteiger partial charge in [-0.2, -0.15) is 0 Å². The van der Waals surface area contributed by atoms with Gasteiger partial charge < -0.3 is 61.9 Å². The van der Waals surface area contributed by atoms with Crippen molar-refractivity contribution in [3.8, 4) is 0 Å². The summed E-state index contributed by atoms with van der Waals surface area (Å²) >= 11 is 0. The van der Waals surface area contributed by atoms with Gasteiger partial charge in [0.2, 0.25) is 18.2 Å². The summed E-state index contributed by atoms with van der Waals surface area (Å²) in [5, 5.41) is 91.5. The van der Waals surface area contributed by atoms with E-state index in [0.29, 0.717) is 30.6 Å². The van der Waals surface area contributed by atoms with Crippen LogP contribution in [0.5, 0.6) is 0 Å². The van der Waals surface area contributed by atoms with Crippen LogP contribution in [0, 0.1) is 0 Å². The van der Waals surface area contributed by atoms with Crippen LogP contribution in [0.3, 0.4) is 0 Å². The summed E-state index contributed by atoms with van der Waals surface area (Å²) in [4.78, 5) is 81.6. The van der Waals surface area contributed by atoms with Crippen LogP contribution in [-0.4, -0.2) is 204 Å². The molecule has 22 nitrogen and oxygen atoms in total. The second-order valence-electron chi connectivity index (χ2n) is 13.7. The zero-order valence-corrected chi connectivity index (χ0v) is 32.8. The second kappa shape index (κ2) is 28.9. The van der Waals surface area contributed by atoms with Crippen LogP contribution < -0.4 is 16.0 Å². The number of fused-ring (bicyclic) bond motifs is 2. The zero-order chi connectivity index (χ0) is 43.6. The highest BCUT2D eigenvalue weighted by atomic mass is 16.4. The summed E-state index contributed by atoms with van der Waals surface area (Å²) in [6, 6.07) is 1.83. The van der Waals surface area contributed by atoms with E-state index >= 15 is 0 Å². The highest BCUT2D eigenvalue weighted by molar-refractivity contribution is 5.79. The molecule has 1 aromatic heterocycles. The SMILES string of the molecule is CCCC(C(=O)O)N1CCN(C(CCC(=O)NCC(O)CO)C(=O)O)CCN(C(CCC(=O)NCC(O)CO)C(=O)O)Cc2cccc(n2)C1.O=CNCC(O)CO. The second-order valence-corrected chi connectivity index (χ2v) is 13.7. The first-order valence-electron chi connectivity index (χ1n) is 19.0. The van der Waals surface area contributed by atoms with Gasteiger partial charge in [0.15, 0.2) is 0 Å². The van der Waals surface area contributed by atoms with Crippen molar-refractivity contribution >= 4 is 36.1 Å². The van der Waals surface area contributed by atoms with E-state index < -0.39 is 79.4 Å². The summed E-state index contributed by atoms with van der Waals surface area (Å²) in [6.07, 6.45) is -2.55. The first-order valence-corrected chi connectivity index (χ1v) is 19.0. The summed E-state index contributed by atoms with van der Waals surface area (Å²) < 4.78 is 0. The molecule has 2 rings (SSSR count). The number of aliphatic hydroxyl groups excluding tert-OH is 6. The maximum atomic E-state index is 12.6. The Morgan fingerprint density at radius 3 is 1.41 bits per heavy atom. The van der Waals surface area contributed by atoms with Crippen LogP contribution in [0.25, 0.3) is 0 Å². The molecule has 1 aromatic rings. The molecule has 2 bridgehead atoms. The minimum atomic E-state index is -1.25. The van der Waals surface area contributed by atoms with Gasteiger partial charge in [-0.25, -0.2) is 0 Å². The fraction of sp³-hybridized carbons (Fsp3) is 0.694. The summed E-state index contributed by atoms with van der Waals surface area (Å²) in [5.41, 5.74) is 1.01. The number of aliphatic carboxylic acids is 3. The molecule has 12 N–H and O–H groups in total. The highest BCUT2D eigenvalue weighted by Gasteiger charge is 2.33. The molecule has 0 saturated carbocycles. The molecule has 2 heterocycles. The molecule has 0 saturated heterocycles. The predicted octanol–water partition coefficient (Wildman–Crippen LogP) is -4.25. The molecule has 0 aromatic carbocycles. The Morgan fingerprint density at radius 2 is 1.03 bits per heavy atom. The normalized spacial score (nSPS) is 17.3. The molecule has 0 spiro atoms. The minimum Gasteiger partial charge on any atom is -0.480 e. The van der Waals surface area contributed by atoms with E-state index in [9.17, 15) is 54.3 Å². The van der Waals surface area contributed by atoms with Crippen LogP contribution >= 0.6 is 0 Å². The molecular weight excluding hydrogens is 770 g/mol. The van der Waals surface area contributed by atoms with Gasteiger partial charge in [0, 0.05) is 71.7 Å². The third-order valence-corrected chi connectivity index (χ3v) is 9.11. The van der Waals surface area contributed by atoms with Crippen molar-refractivity contribution in [2.45, 2.75) is 95.0 Å². The van der Waals surface area contributed by atoms with Crippen LogP contribution in [-0.2, 0) is 41.9 Å².